The summed E-state index contributed by atoms with van der Waals surface area (Å²) < 4.78 is 1.10. The quantitative estimate of drug-likeness (QED) is 0.858. The van der Waals surface area contributed by atoms with E-state index in [2.05, 4.69) is 51.2 Å². The Morgan fingerprint density at radius 2 is 1.89 bits per heavy atom. The van der Waals surface area contributed by atoms with Gasteiger partial charge in [0.25, 0.3) is 0 Å². The van der Waals surface area contributed by atoms with Crippen LogP contribution in [0.25, 0.3) is 0 Å². The Morgan fingerprint density at radius 1 is 1.11 bits per heavy atom. The van der Waals surface area contributed by atoms with Gasteiger partial charge in [0, 0.05) is 29.8 Å². The zero-order chi connectivity index (χ0) is 13.2. The van der Waals surface area contributed by atoms with E-state index in [1.807, 2.05) is 12.1 Å². The van der Waals surface area contributed by atoms with Crippen LogP contribution in [0.2, 0.25) is 0 Å². The summed E-state index contributed by atoms with van der Waals surface area (Å²) in [6, 6.07) is 14.8. The van der Waals surface area contributed by atoms with E-state index in [4.69, 9.17) is 5.73 Å². The number of benzene rings is 2. The first-order chi connectivity index (χ1) is 9.22. The van der Waals surface area contributed by atoms with Crippen molar-refractivity contribution in [2.24, 2.45) is 0 Å². The Morgan fingerprint density at radius 3 is 2.68 bits per heavy atom. The fourth-order valence-electron chi connectivity index (χ4n) is 2.62. The minimum absolute atomic E-state index is 0.805. The van der Waals surface area contributed by atoms with Crippen molar-refractivity contribution in [3.63, 3.8) is 0 Å². The van der Waals surface area contributed by atoms with E-state index >= 15 is 0 Å². The SMILES string of the molecule is Nc1ccc(CN2CCc3ccccc3C2)c(Br)c1. The molecular weight excluding hydrogens is 300 g/mol. The van der Waals surface area contributed by atoms with Gasteiger partial charge in [0.05, 0.1) is 0 Å². The standard InChI is InChI=1S/C16H17BrN2/c17-16-9-15(18)6-5-14(16)11-19-8-7-12-3-1-2-4-13(12)10-19/h1-6,9H,7-8,10-11,18H2. The predicted molar refractivity (Wildman–Crippen MR) is 82.8 cm³/mol. The summed E-state index contributed by atoms with van der Waals surface area (Å²) in [7, 11) is 0. The first kappa shape index (κ1) is 12.7. The van der Waals surface area contributed by atoms with E-state index in [1.165, 1.54) is 16.7 Å². The topological polar surface area (TPSA) is 29.3 Å². The van der Waals surface area contributed by atoms with E-state index in [9.17, 15) is 0 Å². The van der Waals surface area contributed by atoms with Gasteiger partial charge in [-0.3, -0.25) is 4.90 Å². The van der Waals surface area contributed by atoms with Crippen molar-refractivity contribution in [3.8, 4) is 0 Å². The molecule has 0 aromatic heterocycles. The number of halogens is 1. The highest BCUT2D eigenvalue weighted by molar-refractivity contribution is 9.10. The Kier molecular flexibility index (Phi) is 3.58. The Hall–Kier alpha value is -1.32. The van der Waals surface area contributed by atoms with Gasteiger partial charge in [-0.2, -0.15) is 0 Å². The fourth-order valence-corrected chi connectivity index (χ4v) is 3.14. The largest absolute Gasteiger partial charge is 0.399 e. The van der Waals surface area contributed by atoms with E-state index in [1.54, 1.807) is 0 Å². The normalized spacial score (nSPS) is 15.2. The molecule has 0 aliphatic carbocycles. The van der Waals surface area contributed by atoms with E-state index in [0.717, 1.165) is 36.2 Å². The molecule has 0 amide bonds. The number of anilines is 1. The van der Waals surface area contributed by atoms with E-state index in [0.29, 0.717) is 0 Å². The van der Waals surface area contributed by atoms with Gasteiger partial charge in [0.1, 0.15) is 0 Å². The molecule has 0 unspecified atom stereocenters. The fraction of sp³-hybridized carbons (Fsp3) is 0.250. The molecule has 0 saturated heterocycles. The molecule has 3 rings (SSSR count). The molecule has 0 radical (unpaired) electrons. The number of nitrogen functional groups attached to an aromatic ring is 1. The zero-order valence-electron chi connectivity index (χ0n) is 10.8. The number of fused-ring (bicyclic) bond motifs is 1. The van der Waals surface area contributed by atoms with Crippen LogP contribution in [0.1, 0.15) is 16.7 Å². The molecule has 0 fully saturated rings. The van der Waals surface area contributed by atoms with Crippen molar-refractivity contribution in [3.05, 3.63) is 63.6 Å². The number of nitrogens with two attached hydrogens (primary N) is 1. The molecule has 19 heavy (non-hydrogen) atoms. The van der Waals surface area contributed by atoms with Crippen molar-refractivity contribution < 1.29 is 0 Å². The average Bonchev–Trinajstić information content (AvgIpc) is 2.42. The number of rotatable bonds is 2. The number of hydrogen-bond acceptors (Lipinski definition) is 2. The molecule has 1 aliphatic rings. The number of hydrogen-bond donors (Lipinski definition) is 1. The lowest BCUT2D eigenvalue weighted by Gasteiger charge is -2.29. The molecule has 1 aliphatic heterocycles. The van der Waals surface area contributed by atoms with Gasteiger partial charge in [0.15, 0.2) is 0 Å². The molecule has 0 spiro atoms. The molecule has 0 saturated carbocycles. The van der Waals surface area contributed by atoms with E-state index in [-0.39, 0.29) is 0 Å². The minimum Gasteiger partial charge on any atom is -0.399 e. The second-order valence-corrected chi connectivity index (χ2v) is 5.93. The van der Waals surface area contributed by atoms with Crippen LogP contribution in [0.3, 0.4) is 0 Å². The van der Waals surface area contributed by atoms with Gasteiger partial charge in [-0.15, -0.1) is 0 Å². The maximum atomic E-state index is 5.78. The van der Waals surface area contributed by atoms with Gasteiger partial charge in [-0.05, 0) is 35.2 Å². The minimum atomic E-state index is 0.805. The molecule has 98 valence electrons. The summed E-state index contributed by atoms with van der Waals surface area (Å²) in [5, 5.41) is 0. The summed E-state index contributed by atoms with van der Waals surface area (Å²) >= 11 is 3.60. The highest BCUT2D eigenvalue weighted by Crippen LogP contribution is 2.24. The van der Waals surface area contributed by atoms with Crippen molar-refractivity contribution in [1.29, 1.82) is 0 Å². The van der Waals surface area contributed by atoms with Gasteiger partial charge in [-0.1, -0.05) is 46.3 Å². The molecule has 3 heteroatoms. The molecule has 2 nitrogen and oxygen atoms in total. The average molecular weight is 317 g/mol. The van der Waals surface area contributed by atoms with Crippen LogP contribution in [0.5, 0.6) is 0 Å². The second kappa shape index (κ2) is 5.35. The van der Waals surface area contributed by atoms with Crippen LogP contribution < -0.4 is 5.73 Å². The number of nitrogens with zero attached hydrogens (tertiary/aromatic N) is 1. The predicted octanol–water partition coefficient (Wildman–Crippen LogP) is 3.59. The molecule has 2 aromatic rings. The first-order valence-corrected chi connectivity index (χ1v) is 7.35. The molecule has 1 heterocycles. The van der Waals surface area contributed by atoms with Gasteiger partial charge in [0.2, 0.25) is 0 Å². The van der Waals surface area contributed by atoms with Crippen molar-refractivity contribution in [2.45, 2.75) is 19.5 Å². The third-order valence-electron chi connectivity index (χ3n) is 3.68. The first-order valence-electron chi connectivity index (χ1n) is 6.55. The van der Waals surface area contributed by atoms with E-state index < -0.39 is 0 Å². The van der Waals surface area contributed by atoms with Gasteiger partial charge >= 0.3 is 0 Å². The Balaban J connectivity index is 1.75. The summed E-state index contributed by atoms with van der Waals surface area (Å²) in [6.07, 6.45) is 1.14. The third-order valence-corrected chi connectivity index (χ3v) is 4.42. The summed E-state index contributed by atoms with van der Waals surface area (Å²) in [5.74, 6) is 0. The van der Waals surface area contributed by atoms with Crippen LogP contribution in [0, 0.1) is 0 Å². The Labute approximate surface area is 122 Å². The molecule has 0 atom stereocenters. The molecular formula is C16H17BrN2. The maximum absolute atomic E-state index is 5.78. The molecule has 0 bridgehead atoms. The zero-order valence-corrected chi connectivity index (χ0v) is 12.4. The lowest BCUT2D eigenvalue weighted by atomic mass is 9.99. The van der Waals surface area contributed by atoms with Crippen LogP contribution in [-0.2, 0) is 19.5 Å². The summed E-state index contributed by atoms with van der Waals surface area (Å²) in [6.45, 7) is 3.12. The maximum Gasteiger partial charge on any atom is 0.0325 e. The Bertz CT molecular complexity index is 595. The highest BCUT2D eigenvalue weighted by atomic mass is 79.9. The molecule has 2 N–H and O–H groups in total. The van der Waals surface area contributed by atoms with Crippen LogP contribution in [0.15, 0.2) is 46.9 Å². The lowest BCUT2D eigenvalue weighted by molar-refractivity contribution is 0.245. The van der Waals surface area contributed by atoms with Crippen LogP contribution in [0.4, 0.5) is 5.69 Å². The lowest BCUT2D eigenvalue weighted by Crippen LogP contribution is -2.30. The van der Waals surface area contributed by atoms with Gasteiger partial charge in [-0.25, -0.2) is 0 Å². The van der Waals surface area contributed by atoms with Gasteiger partial charge < -0.3 is 5.73 Å². The van der Waals surface area contributed by atoms with Crippen LogP contribution in [-0.4, -0.2) is 11.4 Å². The van der Waals surface area contributed by atoms with Crippen molar-refractivity contribution in [1.82, 2.24) is 4.90 Å². The summed E-state index contributed by atoms with van der Waals surface area (Å²) in [4.78, 5) is 2.48. The monoisotopic (exact) mass is 316 g/mol. The van der Waals surface area contributed by atoms with Crippen molar-refractivity contribution in [2.75, 3.05) is 12.3 Å². The second-order valence-electron chi connectivity index (χ2n) is 5.08. The van der Waals surface area contributed by atoms with Crippen molar-refractivity contribution >= 4 is 21.6 Å². The smallest absolute Gasteiger partial charge is 0.0325 e. The van der Waals surface area contributed by atoms with Crippen LogP contribution >= 0.6 is 15.9 Å². The third kappa shape index (κ3) is 2.82. The summed E-state index contributed by atoms with van der Waals surface area (Å²) in [5.41, 5.74) is 10.8. The highest BCUT2D eigenvalue weighted by Gasteiger charge is 2.16. The molecule has 2 aromatic carbocycles.